The minimum atomic E-state index is -0.242. The lowest BCUT2D eigenvalue weighted by Gasteiger charge is -2.39. The Morgan fingerprint density at radius 2 is 1.70 bits per heavy atom. The molecular weight excluding hydrogens is 444 g/mol. The third-order valence-electron chi connectivity index (χ3n) is 6.77. The molecule has 1 fully saturated rings. The standard InChI is InChI=1S/C26H33F2N3O.ClH/c1-19(32)29-14-5-3-2-4-6-15-30-16-13-26-24(18-30)23-17-21(28)9-12-25(23)31(26)22-10-7-20(27)8-11-22;/h7-12,17,24,26H,2-6,13-16,18H2,1H3,(H,29,32);1H/t24?,26-;/m1./s1. The predicted octanol–water partition coefficient (Wildman–Crippen LogP) is 5.78. The molecule has 2 atom stereocenters. The van der Waals surface area contributed by atoms with Crippen molar-refractivity contribution in [1.82, 2.24) is 10.2 Å². The Labute approximate surface area is 201 Å². The fraction of sp³-hybridized carbons (Fsp3) is 0.500. The number of carbonyl (C=O) groups is 1. The maximum Gasteiger partial charge on any atom is 0.216 e. The molecular formula is C26H34ClF2N3O. The molecule has 2 aliphatic rings. The lowest BCUT2D eigenvalue weighted by atomic mass is 9.88. The number of fused-ring (bicyclic) bond motifs is 3. The number of nitrogens with zero attached hydrogens (tertiary/aromatic N) is 2. The van der Waals surface area contributed by atoms with Crippen molar-refractivity contribution in [2.75, 3.05) is 31.1 Å². The van der Waals surface area contributed by atoms with Gasteiger partial charge in [0.25, 0.3) is 0 Å². The molecule has 2 heterocycles. The molecule has 4 rings (SSSR count). The first-order valence-corrected chi connectivity index (χ1v) is 11.8. The Morgan fingerprint density at radius 1 is 1.00 bits per heavy atom. The third kappa shape index (κ3) is 6.24. The van der Waals surface area contributed by atoms with Crippen LogP contribution in [0, 0.1) is 11.6 Å². The Hall–Kier alpha value is -2.18. The van der Waals surface area contributed by atoms with Crippen LogP contribution >= 0.6 is 12.4 Å². The number of amides is 1. The lowest BCUT2D eigenvalue weighted by molar-refractivity contribution is -0.118. The number of nitrogens with one attached hydrogen (secondary N) is 1. The smallest absolute Gasteiger partial charge is 0.216 e. The van der Waals surface area contributed by atoms with Crippen molar-refractivity contribution < 1.29 is 13.6 Å². The number of likely N-dealkylation sites (tertiary alicyclic amines) is 1. The molecule has 1 unspecified atom stereocenters. The van der Waals surface area contributed by atoms with Gasteiger partial charge in [-0.2, -0.15) is 0 Å². The number of halogens is 3. The maximum absolute atomic E-state index is 14.1. The van der Waals surface area contributed by atoms with Gasteiger partial charge in [0.05, 0.1) is 0 Å². The van der Waals surface area contributed by atoms with E-state index in [1.165, 1.54) is 31.0 Å². The zero-order valence-electron chi connectivity index (χ0n) is 19.2. The summed E-state index contributed by atoms with van der Waals surface area (Å²) in [5.74, 6) is -0.134. The number of anilines is 2. The van der Waals surface area contributed by atoms with Crippen LogP contribution in [0.25, 0.3) is 0 Å². The summed E-state index contributed by atoms with van der Waals surface area (Å²) in [4.78, 5) is 15.7. The van der Waals surface area contributed by atoms with Gasteiger partial charge in [0.2, 0.25) is 5.91 Å². The van der Waals surface area contributed by atoms with Gasteiger partial charge in [0.1, 0.15) is 11.6 Å². The van der Waals surface area contributed by atoms with Crippen LogP contribution in [-0.4, -0.2) is 43.0 Å². The monoisotopic (exact) mass is 477 g/mol. The zero-order chi connectivity index (χ0) is 22.5. The largest absolute Gasteiger partial charge is 0.356 e. The van der Waals surface area contributed by atoms with Gasteiger partial charge >= 0.3 is 0 Å². The second kappa shape index (κ2) is 11.8. The summed E-state index contributed by atoms with van der Waals surface area (Å²) in [5.41, 5.74) is 3.09. The fourth-order valence-corrected chi connectivity index (χ4v) is 5.23. The minimum Gasteiger partial charge on any atom is -0.356 e. The van der Waals surface area contributed by atoms with E-state index in [0.717, 1.165) is 68.8 Å². The van der Waals surface area contributed by atoms with Gasteiger partial charge in [-0.1, -0.05) is 19.3 Å². The highest BCUT2D eigenvalue weighted by Crippen LogP contribution is 2.48. The molecule has 1 saturated heterocycles. The first-order chi connectivity index (χ1) is 15.5. The van der Waals surface area contributed by atoms with Gasteiger partial charge in [0, 0.05) is 49.9 Å². The molecule has 0 saturated carbocycles. The van der Waals surface area contributed by atoms with Crippen molar-refractivity contribution >= 4 is 29.7 Å². The Morgan fingerprint density at radius 3 is 2.45 bits per heavy atom. The summed E-state index contributed by atoms with van der Waals surface area (Å²) in [5, 5.41) is 2.84. The summed E-state index contributed by atoms with van der Waals surface area (Å²) < 4.78 is 27.6. The molecule has 2 aromatic carbocycles. The average Bonchev–Trinajstić information content (AvgIpc) is 3.09. The van der Waals surface area contributed by atoms with Gasteiger partial charge in [-0.15, -0.1) is 12.4 Å². The van der Waals surface area contributed by atoms with Gasteiger partial charge in [-0.05, 0) is 73.8 Å². The van der Waals surface area contributed by atoms with Crippen LogP contribution < -0.4 is 10.2 Å². The first kappa shape index (κ1) is 25.4. The third-order valence-corrected chi connectivity index (χ3v) is 6.77. The molecule has 0 radical (unpaired) electrons. The van der Waals surface area contributed by atoms with E-state index in [4.69, 9.17) is 0 Å². The SMILES string of the molecule is CC(=O)NCCCCCCCN1CC[C@@H]2C(C1)c1cc(F)ccc1N2c1ccc(F)cc1.Cl. The molecule has 1 N–H and O–H groups in total. The molecule has 0 aliphatic carbocycles. The van der Waals surface area contributed by atoms with E-state index in [2.05, 4.69) is 15.1 Å². The molecule has 180 valence electrons. The van der Waals surface area contributed by atoms with Crippen LogP contribution in [0.1, 0.15) is 56.9 Å². The van der Waals surface area contributed by atoms with E-state index in [0.29, 0.717) is 0 Å². The molecule has 33 heavy (non-hydrogen) atoms. The van der Waals surface area contributed by atoms with Gasteiger partial charge in [-0.3, -0.25) is 4.79 Å². The van der Waals surface area contributed by atoms with Crippen molar-refractivity contribution in [3.05, 3.63) is 59.7 Å². The van der Waals surface area contributed by atoms with Crippen LogP contribution in [-0.2, 0) is 4.79 Å². The average molecular weight is 478 g/mol. The minimum absolute atomic E-state index is 0. The van der Waals surface area contributed by atoms with E-state index >= 15 is 0 Å². The number of piperidine rings is 1. The summed E-state index contributed by atoms with van der Waals surface area (Å²) in [7, 11) is 0. The van der Waals surface area contributed by atoms with Crippen LogP contribution in [0.2, 0.25) is 0 Å². The summed E-state index contributed by atoms with van der Waals surface area (Å²) in [6.45, 7) is 5.35. The number of rotatable bonds is 9. The summed E-state index contributed by atoms with van der Waals surface area (Å²) in [6.07, 6.45) is 6.73. The van der Waals surface area contributed by atoms with Crippen molar-refractivity contribution in [3.8, 4) is 0 Å². The second-order valence-electron chi connectivity index (χ2n) is 9.06. The Kier molecular flexibility index (Phi) is 9.10. The number of hydrogen-bond donors (Lipinski definition) is 1. The fourth-order valence-electron chi connectivity index (χ4n) is 5.23. The van der Waals surface area contributed by atoms with Crippen LogP contribution in [0.3, 0.4) is 0 Å². The number of carbonyl (C=O) groups excluding carboxylic acids is 1. The maximum atomic E-state index is 14.1. The first-order valence-electron chi connectivity index (χ1n) is 11.8. The quantitative estimate of drug-likeness (QED) is 0.465. The van der Waals surface area contributed by atoms with Crippen molar-refractivity contribution in [3.63, 3.8) is 0 Å². The molecule has 0 aromatic heterocycles. The van der Waals surface area contributed by atoms with Gasteiger partial charge < -0.3 is 15.1 Å². The summed E-state index contributed by atoms with van der Waals surface area (Å²) >= 11 is 0. The van der Waals surface area contributed by atoms with Gasteiger partial charge in [-0.25, -0.2) is 8.78 Å². The van der Waals surface area contributed by atoms with Crippen LogP contribution in [0.15, 0.2) is 42.5 Å². The molecule has 2 aliphatic heterocycles. The highest BCUT2D eigenvalue weighted by Gasteiger charge is 2.42. The number of hydrogen-bond acceptors (Lipinski definition) is 3. The highest BCUT2D eigenvalue weighted by molar-refractivity contribution is 5.85. The zero-order valence-corrected chi connectivity index (χ0v) is 20.1. The van der Waals surface area contributed by atoms with E-state index in [1.54, 1.807) is 13.0 Å². The van der Waals surface area contributed by atoms with Crippen LogP contribution in [0.5, 0.6) is 0 Å². The second-order valence-corrected chi connectivity index (χ2v) is 9.06. The molecule has 7 heteroatoms. The molecule has 0 spiro atoms. The summed E-state index contributed by atoms with van der Waals surface area (Å²) in [6, 6.07) is 12.0. The Balaban J connectivity index is 0.00000306. The molecule has 4 nitrogen and oxygen atoms in total. The normalized spacial score (nSPS) is 19.5. The van der Waals surface area contributed by atoms with E-state index in [-0.39, 0.29) is 41.9 Å². The number of unbranched alkanes of at least 4 members (excludes halogenated alkanes) is 4. The van der Waals surface area contributed by atoms with E-state index < -0.39 is 0 Å². The molecule has 2 aromatic rings. The topological polar surface area (TPSA) is 35.6 Å². The Bertz CT molecular complexity index is 924. The molecule has 0 bridgehead atoms. The molecule has 1 amide bonds. The van der Waals surface area contributed by atoms with Crippen molar-refractivity contribution in [1.29, 1.82) is 0 Å². The van der Waals surface area contributed by atoms with E-state index in [9.17, 15) is 13.6 Å². The van der Waals surface area contributed by atoms with Crippen LogP contribution in [0.4, 0.5) is 20.2 Å². The van der Waals surface area contributed by atoms with Crippen molar-refractivity contribution in [2.45, 2.75) is 57.4 Å². The lowest BCUT2D eigenvalue weighted by Crippen LogP contribution is -2.45. The van der Waals surface area contributed by atoms with Gasteiger partial charge in [0.15, 0.2) is 0 Å². The van der Waals surface area contributed by atoms with Crippen molar-refractivity contribution in [2.24, 2.45) is 0 Å². The number of benzene rings is 2. The highest BCUT2D eigenvalue weighted by atomic mass is 35.5. The van der Waals surface area contributed by atoms with E-state index in [1.807, 2.05) is 18.2 Å². The predicted molar refractivity (Wildman–Crippen MR) is 132 cm³/mol.